The average Bonchev–Trinajstić information content (AvgIpc) is 2.27. The Balaban J connectivity index is 2.70. The maximum Gasteiger partial charge on any atom is 0.389 e. The third kappa shape index (κ3) is 3.14. The van der Waals surface area contributed by atoms with E-state index in [4.69, 9.17) is 0 Å². The van der Waals surface area contributed by atoms with Gasteiger partial charge in [-0.2, -0.15) is 13.2 Å². The van der Waals surface area contributed by atoms with E-state index in [-0.39, 0.29) is 31.3 Å². The number of nitrogens with zero attached hydrogens (tertiary/aromatic N) is 1. The van der Waals surface area contributed by atoms with Crippen molar-refractivity contribution in [1.29, 1.82) is 0 Å². The molecule has 0 aromatic carbocycles. The van der Waals surface area contributed by atoms with E-state index in [0.29, 0.717) is 6.42 Å². The number of nitrogens with one attached hydrogen (secondary N) is 1. The minimum atomic E-state index is -4.23. The Morgan fingerprint density at radius 1 is 1.39 bits per heavy atom. The maximum atomic E-state index is 12.1. The van der Waals surface area contributed by atoms with E-state index in [2.05, 4.69) is 5.32 Å². The van der Waals surface area contributed by atoms with Crippen LogP contribution >= 0.6 is 0 Å². The molecule has 1 fully saturated rings. The third-order valence-electron chi connectivity index (χ3n) is 3.32. The lowest BCUT2D eigenvalue weighted by Gasteiger charge is -2.43. The lowest BCUT2D eigenvalue weighted by atomic mass is 9.92. The van der Waals surface area contributed by atoms with Crippen molar-refractivity contribution in [3.63, 3.8) is 0 Å². The summed E-state index contributed by atoms with van der Waals surface area (Å²) in [7, 11) is 0. The monoisotopic (exact) mass is 266 g/mol. The summed E-state index contributed by atoms with van der Waals surface area (Å²) in [6.07, 6.45) is -4.99. The van der Waals surface area contributed by atoms with Crippen LogP contribution in [0.15, 0.2) is 0 Å². The van der Waals surface area contributed by atoms with Crippen LogP contribution in [0.1, 0.15) is 33.1 Å². The smallest absolute Gasteiger partial charge is 0.345 e. The molecule has 0 aromatic rings. The van der Waals surface area contributed by atoms with Crippen LogP contribution in [-0.4, -0.2) is 41.5 Å². The van der Waals surface area contributed by atoms with Crippen LogP contribution in [0.4, 0.5) is 13.2 Å². The van der Waals surface area contributed by atoms with E-state index >= 15 is 0 Å². The Bertz CT molecular complexity index is 344. The zero-order chi connectivity index (χ0) is 14.0. The summed E-state index contributed by atoms with van der Waals surface area (Å²) >= 11 is 0. The largest absolute Gasteiger partial charge is 0.389 e. The van der Waals surface area contributed by atoms with Gasteiger partial charge in [0, 0.05) is 13.0 Å². The van der Waals surface area contributed by atoms with Crippen molar-refractivity contribution in [2.75, 3.05) is 13.1 Å². The summed E-state index contributed by atoms with van der Waals surface area (Å²) in [5, 5.41) is 2.46. The van der Waals surface area contributed by atoms with Gasteiger partial charge in [-0.15, -0.1) is 0 Å². The summed E-state index contributed by atoms with van der Waals surface area (Å²) in [5.41, 5.74) is -1.04. The van der Waals surface area contributed by atoms with Gasteiger partial charge in [0.05, 0.1) is 6.54 Å². The molecule has 1 N–H and O–H groups in total. The van der Waals surface area contributed by atoms with E-state index in [1.54, 1.807) is 13.8 Å². The molecule has 1 saturated heterocycles. The van der Waals surface area contributed by atoms with Gasteiger partial charge >= 0.3 is 6.18 Å². The first kappa shape index (κ1) is 14.8. The second-order valence-electron chi connectivity index (χ2n) is 4.57. The first-order chi connectivity index (χ1) is 8.20. The number of halogens is 3. The van der Waals surface area contributed by atoms with Crippen molar-refractivity contribution in [1.82, 2.24) is 10.2 Å². The molecule has 1 rings (SSSR count). The Morgan fingerprint density at radius 3 is 2.50 bits per heavy atom. The molecule has 0 bridgehead atoms. The molecular weight excluding hydrogens is 249 g/mol. The standard InChI is InChI=1S/C11H17F3N2O2/c1-3-10(2)9(18)15-7-8(17)16(10)6-4-5-11(12,13)14/h3-7H2,1-2H3,(H,15,18). The van der Waals surface area contributed by atoms with Gasteiger partial charge < -0.3 is 10.2 Å². The van der Waals surface area contributed by atoms with Crippen LogP contribution in [0.3, 0.4) is 0 Å². The Morgan fingerprint density at radius 2 is 2.00 bits per heavy atom. The number of carbonyl (C=O) groups excluding carboxylic acids is 2. The molecule has 18 heavy (non-hydrogen) atoms. The van der Waals surface area contributed by atoms with Crippen molar-refractivity contribution >= 4 is 11.8 Å². The minimum Gasteiger partial charge on any atom is -0.345 e. The molecule has 0 aliphatic carbocycles. The molecule has 1 heterocycles. The highest BCUT2D eigenvalue weighted by molar-refractivity contribution is 5.97. The number of piperazine rings is 1. The minimum absolute atomic E-state index is 0.0455. The number of rotatable bonds is 4. The number of hydrogen-bond donors (Lipinski definition) is 1. The van der Waals surface area contributed by atoms with Gasteiger partial charge in [0.2, 0.25) is 11.8 Å². The molecule has 0 saturated carbocycles. The maximum absolute atomic E-state index is 12.1. The van der Waals surface area contributed by atoms with Gasteiger partial charge in [0.25, 0.3) is 0 Å². The first-order valence-electron chi connectivity index (χ1n) is 5.86. The number of amides is 2. The van der Waals surface area contributed by atoms with E-state index < -0.39 is 18.1 Å². The normalized spacial score (nSPS) is 25.3. The topological polar surface area (TPSA) is 49.4 Å². The lowest BCUT2D eigenvalue weighted by molar-refractivity contribution is -0.155. The SMILES string of the molecule is CCC1(C)C(=O)NCC(=O)N1CCCC(F)(F)F. The van der Waals surface area contributed by atoms with Crippen LogP contribution in [-0.2, 0) is 9.59 Å². The molecule has 1 aliphatic rings. The molecule has 0 spiro atoms. The zero-order valence-corrected chi connectivity index (χ0v) is 10.4. The highest BCUT2D eigenvalue weighted by atomic mass is 19.4. The molecule has 1 aliphatic heterocycles. The van der Waals surface area contributed by atoms with Gasteiger partial charge in [0.15, 0.2) is 0 Å². The van der Waals surface area contributed by atoms with E-state index in [1.165, 1.54) is 4.90 Å². The molecule has 1 unspecified atom stereocenters. The van der Waals surface area contributed by atoms with Gasteiger partial charge in [-0.1, -0.05) is 6.92 Å². The van der Waals surface area contributed by atoms with Gasteiger partial charge in [0.1, 0.15) is 5.54 Å². The number of hydrogen-bond acceptors (Lipinski definition) is 2. The quantitative estimate of drug-likeness (QED) is 0.837. The second kappa shape index (κ2) is 5.16. The predicted octanol–water partition coefficient (Wildman–Crippen LogP) is 1.46. The summed E-state index contributed by atoms with van der Waals surface area (Å²) in [5.74, 6) is -0.641. The summed E-state index contributed by atoms with van der Waals surface area (Å²) in [6.45, 7) is 3.12. The molecule has 4 nitrogen and oxygen atoms in total. The number of carbonyl (C=O) groups is 2. The number of alkyl halides is 3. The van der Waals surface area contributed by atoms with Crippen LogP contribution in [0.25, 0.3) is 0 Å². The molecule has 0 radical (unpaired) electrons. The third-order valence-corrected chi connectivity index (χ3v) is 3.32. The summed E-state index contributed by atoms with van der Waals surface area (Å²) in [4.78, 5) is 24.7. The van der Waals surface area contributed by atoms with E-state index in [9.17, 15) is 22.8 Å². The Kier molecular flexibility index (Phi) is 4.24. The van der Waals surface area contributed by atoms with Crippen molar-refractivity contribution in [2.45, 2.75) is 44.8 Å². The Hall–Kier alpha value is -1.27. The predicted molar refractivity (Wildman–Crippen MR) is 58.7 cm³/mol. The van der Waals surface area contributed by atoms with Gasteiger partial charge in [-0.3, -0.25) is 9.59 Å². The summed E-state index contributed by atoms with van der Waals surface area (Å²) < 4.78 is 36.2. The van der Waals surface area contributed by atoms with Crippen molar-refractivity contribution in [3.05, 3.63) is 0 Å². The van der Waals surface area contributed by atoms with Gasteiger partial charge in [-0.05, 0) is 19.8 Å². The fourth-order valence-electron chi connectivity index (χ4n) is 2.00. The fourth-order valence-corrected chi connectivity index (χ4v) is 2.00. The fraction of sp³-hybridized carbons (Fsp3) is 0.818. The van der Waals surface area contributed by atoms with Crippen molar-refractivity contribution in [2.24, 2.45) is 0 Å². The van der Waals surface area contributed by atoms with Crippen LogP contribution < -0.4 is 5.32 Å². The van der Waals surface area contributed by atoms with Gasteiger partial charge in [-0.25, -0.2) is 0 Å². The molecule has 2 amide bonds. The van der Waals surface area contributed by atoms with Crippen LogP contribution in [0.2, 0.25) is 0 Å². The molecule has 0 aromatic heterocycles. The van der Waals surface area contributed by atoms with Crippen molar-refractivity contribution in [3.8, 4) is 0 Å². The van der Waals surface area contributed by atoms with Crippen LogP contribution in [0, 0.1) is 0 Å². The zero-order valence-electron chi connectivity index (χ0n) is 10.4. The molecular formula is C11H17F3N2O2. The molecule has 7 heteroatoms. The first-order valence-corrected chi connectivity index (χ1v) is 5.86. The molecule has 104 valence electrons. The van der Waals surface area contributed by atoms with E-state index in [1.807, 2.05) is 0 Å². The van der Waals surface area contributed by atoms with E-state index in [0.717, 1.165) is 0 Å². The highest BCUT2D eigenvalue weighted by Gasteiger charge is 2.44. The summed E-state index contributed by atoms with van der Waals surface area (Å²) in [6, 6.07) is 0. The highest BCUT2D eigenvalue weighted by Crippen LogP contribution is 2.26. The average molecular weight is 266 g/mol. The lowest BCUT2D eigenvalue weighted by Crippen LogP contribution is -2.65. The van der Waals surface area contributed by atoms with Crippen molar-refractivity contribution < 1.29 is 22.8 Å². The Labute approximate surface area is 104 Å². The molecule has 1 atom stereocenters. The second-order valence-corrected chi connectivity index (χ2v) is 4.57. The van der Waals surface area contributed by atoms with Crippen LogP contribution in [0.5, 0.6) is 0 Å².